The number of fused-ring (bicyclic) bond motifs is 1. The molecule has 2 amide bonds. The minimum Gasteiger partial charge on any atom is -0.383 e. The Kier molecular flexibility index (Phi) is 5.49. The molecule has 1 aromatic heterocycles. The van der Waals surface area contributed by atoms with Gasteiger partial charge in [0.15, 0.2) is 0 Å². The summed E-state index contributed by atoms with van der Waals surface area (Å²) in [5, 5.41) is 7.27. The number of nitrogens with one attached hydrogen (secondary N) is 1. The van der Waals surface area contributed by atoms with Gasteiger partial charge in [0.05, 0.1) is 13.2 Å². The Balaban J connectivity index is 1.66. The van der Waals surface area contributed by atoms with Crippen LogP contribution in [0.4, 0.5) is 4.79 Å². The molecule has 1 aromatic carbocycles. The molecule has 0 saturated carbocycles. The maximum Gasteiger partial charge on any atom is 0.346 e. The third-order valence-electron chi connectivity index (χ3n) is 4.24. The van der Waals surface area contributed by atoms with Crippen molar-refractivity contribution in [1.29, 1.82) is 0 Å². The predicted octanol–water partition coefficient (Wildman–Crippen LogP) is 0.307. The molecule has 1 aliphatic rings. The van der Waals surface area contributed by atoms with E-state index in [4.69, 9.17) is 4.74 Å². The van der Waals surface area contributed by atoms with E-state index in [-0.39, 0.29) is 11.7 Å². The summed E-state index contributed by atoms with van der Waals surface area (Å²) in [4.78, 5) is 26.4. The van der Waals surface area contributed by atoms with E-state index in [0.29, 0.717) is 45.8 Å². The standard InChI is InChI=1S/C17H23N5O3/c1-25-12-8-18-16(23)20-9-7-15-19-22(17(24)21(15)11-10-20)13-14-5-3-2-4-6-14/h2-6H,7-13H2,1H3,(H,18,23). The van der Waals surface area contributed by atoms with Crippen LogP contribution in [-0.2, 0) is 24.2 Å². The molecule has 8 nitrogen and oxygen atoms in total. The Morgan fingerprint density at radius 2 is 2.04 bits per heavy atom. The number of carbonyl (C=O) groups is 1. The maximum absolute atomic E-state index is 12.6. The molecule has 3 rings (SSSR count). The molecule has 0 radical (unpaired) electrons. The van der Waals surface area contributed by atoms with E-state index >= 15 is 0 Å². The van der Waals surface area contributed by atoms with Crippen LogP contribution in [0, 0.1) is 0 Å². The van der Waals surface area contributed by atoms with E-state index in [1.54, 1.807) is 16.6 Å². The number of methoxy groups -OCH3 is 1. The quantitative estimate of drug-likeness (QED) is 0.791. The molecule has 0 atom stereocenters. The lowest BCUT2D eigenvalue weighted by molar-refractivity contribution is 0.180. The number of benzene rings is 1. The molecule has 0 spiro atoms. The van der Waals surface area contributed by atoms with E-state index in [1.807, 2.05) is 30.3 Å². The van der Waals surface area contributed by atoms with Gasteiger partial charge in [-0.2, -0.15) is 5.10 Å². The van der Waals surface area contributed by atoms with Crippen molar-refractivity contribution in [2.45, 2.75) is 19.5 Å². The summed E-state index contributed by atoms with van der Waals surface area (Å²) >= 11 is 0. The van der Waals surface area contributed by atoms with Crippen LogP contribution in [0.25, 0.3) is 0 Å². The van der Waals surface area contributed by atoms with Crippen molar-refractivity contribution in [3.8, 4) is 0 Å². The summed E-state index contributed by atoms with van der Waals surface area (Å²) in [5.74, 6) is 0.730. The van der Waals surface area contributed by atoms with E-state index in [1.165, 1.54) is 4.68 Å². The van der Waals surface area contributed by atoms with Crippen molar-refractivity contribution in [3.63, 3.8) is 0 Å². The Labute approximate surface area is 146 Å². The monoisotopic (exact) mass is 345 g/mol. The highest BCUT2D eigenvalue weighted by Gasteiger charge is 2.22. The number of carbonyl (C=O) groups excluding carboxylic acids is 1. The van der Waals surface area contributed by atoms with Gasteiger partial charge in [0.25, 0.3) is 0 Å². The first kappa shape index (κ1) is 17.2. The van der Waals surface area contributed by atoms with E-state index < -0.39 is 0 Å². The molecule has 0 unspecified atom stereocenters. The van der Waals surface area contributed by atoms with Crippen LogP contribution >= 0.6 is 0 Å². The second kappa shape index (κ2) is 7.98. The van der Waals surface area contributed by atoms with Gasteiger partial charge in [-0.3, -0.25) is 4.57 Å². The van der Waals surface area contributed by atoms with Gasteiger partial charge in [0.1, 0.15) is 5.82 Å². The highest BCUT2D eigenvalue weighted by Crippen LogP contribution is 2.06. The summed E-state index contributed by atoms with van der Waals surface area (Å²) in [7, 11) is 1.59. The highest BCUT2D eigenvalue weighted by atomic mass is 16.5. The lowest BCUT2D eigenvalue weighted by atomic mass is 10.2. The summed E-state index contributed by atoms with van der Waals surface area (Å²) < 4.78 is 8.10. The van der Waals surface area contributed by atoms with Crippen molar-refractivity contribution in [3.05, 3.63) is 52.2 Å². The summed E-state index contributed by atoms with van der Waals surface area (Å²) in [6.07, 6.45) is 0.564. The lowest BCUT2D eigenvalue weighted by Gasteiger charge is -2.20. The second-order valence-corrected chi connectivity index (χ2v) is 5.96. The number of urea groups is 1. The van der Waals surface area contributed by atoms with E-state index in [9.17, 15) is 9.59 Å². The first-order valence-corrected chi connectivity index (χ1v) is 8.41. The topological polar surface area (TPSA) is 81.4 Å². The molecule has 1 N–H and O–H groups in total. The van der Waals surface area contributed by atoms with Crippen molar-refractivity contribution >= 4 is 6.03 Å². The average Bonchev–Trinajstić information content (AvgIpc) is 2.80. The minimum absolute atomic E-state index is 0.125. The zero-order valence-electron chi connectivity index (χ0n) is 14.4. The fourth-order valence-electron chi connectivity index (χ4n) is 2.90. The van der Waals surface area contributed by atoms with Crippen LogP contribution in [0.5, 0.6) is 0 Å². The van der Waals surface area contributed by atoms with Crippen LogP contribution in [0.2, 0.25) is 0 Å². The van der Waals surface area contributed by atoms with Gasteiger partial charge in [-0.05, 0) is 5.56 Å². The molecule has 134 valence electrons. The Morgan fingerprint density at radius 3 is 2.80 bits per heavy atom. The predicted molar refractivity (Wildman–Crippen MR) is 92.6 cm³/mol. The molecule has 0 fully saturated rings. The smallest absolute Gasteiger partial charge is 0.346 e. The number of rotatable bonds is 5. The number of amides is 2. The normalized spacial score (nSPS) is 14.0. The highest BCUT2D eigenvalue weighted by molar-refractivity contribution is 5.74. The molecule has 1 aliphatic heterocycles. The molecule has 25 heavy (non-hydrogen) atoms. The molecular formula is C17H23N5O3. The summed E-state index contributed by atoms with van der Waals surface area (Å²) in [5.41, 5.74) is 0.914. The van der Waals surface area contributed by atoms with Gasteiger partial charge in [-0.1, -0.05) is 30.3 Å². The molecule has 2 aromatic rings. The zero-order valence-corrected chi connectivity index (χ0v) is 14.4. The first-order valence-electron chi connectivity index (χ1n) is 8.41. The maximum atomic E-state index is 12.6. The number of aromatic nitrogens is 3. The largest absolute Gasteiger partial charge is 0.383 e. The fraction of sp³-hybridized carbons (Fsp3) is 0.471. The number of nitrogens with zero attached hydrogens (tertiary/aromatic N) is 4. The van der Waals surface area contributed by atoms with Crippen molar-refractivity contribution < 1.29 is 9.53 Å². The van der Waals surface area contributed by atoms with Crippen LogP contribution in [-0.4, -0.2) is 58.6 Å². The van der Waals surface area contributed by atoms with Crippen molar-refractivity contribution in [2.24, 2.45) is 0 Å². The average molecular weight is 345 g/mol. The first-order chi connectivity index (χ1) is 12.2. The van der Waals surface area contributed by atoms with Gasteiger partial charge in [-0.25, -0.2) is 14.3 Å². The van der Waals surface area contributed by atoms with Crippen molar-refractivity contribution in [2.75, 3.05) is 33.4 Å². The molecule has 0 saturated heterocycles. The van der Waals surface area contributed by atoms with Gasteiger partial charge in [0.2, 0.25) is 0 Å². The lowest BCUT2D eigenvalue weighted by Crippen LogP contribution is -2.43. The minimum atomic E-state index is -0.132. The van der Waals surface area contributed by atoms with Crippen molar-refractivity contribution in [1.82, 2.24) is 24.6 Å². The number of hydrogen-bond donors (Lipinski definition) is 1. The fourth-order valence-corrected chi connectivity index (χ4v) is 2.90. The Hall–Kier alpha value is -2.61. The SMILES string of the molecule is COCCNC(=O)N1CCc2nn(Cc3ccccc3)c(=O)n2CC1. The molecule has 8 heteroatoms. The molecule has 2 heterocycles. The molecule has 0 aliphatic carbocycles. The van der Waals surface area contributed by atoms with Crippen LogP contribution < -0.4 is 11.0 Å². The van der Waals surface area contributed by atoms with Crippen LogP contribution in [0.15, 0.2) is 35.1 Å². The summed E-state index contributed by atoms with van der Waals surface area (Å²) in [6, 6.07) is 9.66. The van der Waals surface area contributed by atoms with Gasteiger partial charge in [0, 0.05) is 39.7 Å². The van der Waals surface area contributed by atoms with E-state index in [0.717, 1.165) is 11.4 Å². The number of ether oxygens (including phenoxy) is 1. The molecule has 0 bridgehead atoms. The Bertz CT molecular complexity index is 768. The van der Waals surface area contributed by atoms with Gasteiger partial charge in [-0.15, -0.1) is 0 Å². The van der Waals surface area contributed by atoms with Crippen LogP contribution in [0.3, 0.4) is 0 Å². The molecular weight excluding hydrogens is 322 g/mol. The Morgan fingerprint density at radius 1 is 1.24 bits per heavy atom. The zero-order chi connectivity index (χ0) is 17.6. The van der Waals surface area contributed by atoms with Gasteiger partial charge < -0.3 is 15.0 Å². The second-order valence-electron chi connectivity index (χ2n) is 5.96. The third kappa shape index (κ3) is 4.08. The van der Waals surface area contributed by atoms with Gasteiger partial charge >= 0.3 is 11.7 Å². The van der Waals surface area contributed by atoms with Crippen LogP contribution in [0.1, 0.15) is 11.4 Å². The van der Waals surface area contributed by atoms with E-state index in [2.05, 4.69) is 10.4 Å². The number of hydrogen-bond acceptors (Lipinski definition) is 4. The third-order valence-corrected chi connectivity index (χ3v) is 4.24. The summed E-state index contributed by atoms with van der Waals surface area (Å²) in [6.45, 7) is 2.90.